The summed E-state index contributed by atoms with van der Waals surface area (Å²) < 4.78 is 4.71. The van der Waals surface area contributed by atoms with Crippen LogP contribution in [0.3, 0.4) is 0 Å². The van der Waals surface area contributed by atoms with Gasteiger partial charge in [-0.15, -0.1) is 11.3 Å². The van der Waals surface area contributed by atoms with Gasteiger partial charge in [0.1, 0.15) is 5.69 Å². The van der Waals surface area contributed by atoms with E-state index in [1.54, 1.807) is 0 Å². The summed E-state index contributed by atoms with van der Waals surface area (Å²) in [7, 11) is 0. The molecule has 2 aromatic heterocycles. The lowest BCUT2D eigenvalue weighted by Crippen LogP contribution is -1.91. The molecule has 0 bridgehead atoms. The molecule has 0 aliphatic rings. The van der Waals surface area contributed by atoms with Crippen molar-refractivity contribution in [3.8, 4) is 10.6 Å². The maximum atomic E-state index is 10.6. The smallest absolute Gasteiger partial charge is 0.374 e. The fourth-order valence-electron chi connectivity index (χ4n) is 1.32. The molecular weight excluding hydrogens is 214 g/mol. The first-order chi connectivity index (χ1) is 7.22. The molecule has 0 fully saturated rings. The zero-order valence-corrected chi connectivity index (χ0v) is 8.87. The second-order valence-corrected chi connectivity index (χ2v) is 3.93. The van der Waals surface area contributed by atoms with E-state index in [9.17, 15) is 4.79 Å². The van der Waals surface area contributed by atoms with Crippen LogP contribution >= 0.6 is 11.3 Å². The van der Waals surface area contributed by atoms with E-state index in [0.717, 1.165) is 16.9 Å². The molecule has 1 N–H and O–H groups in total. The number of carbonyl (C=O) groups is 1. The van der Waals surface area contributed by atoms with E-state index in [0.29, 0.717) is 5.69 Å². The van der Waals surface area contributed by atoms with Gasteiger partial charge in [0.15, 0.2) is 0 Å². The van der Waals surface area contributed by atoms with Crippen LogP contribution in [0, 0.1) is 0 Å². The normalized spacial score (nSPS) is 10.5. The lowest BCUT2D eigenvalue weighted by Gasteiger charge is -1.93. The van der Waals surface area contributed by atoms with Crippen molar-refractivity contribution in [2.75, 3.05) is 0 Å². The second-order valence-electron chi connectivity index (χ2n) is 3.01. The molecule has 0 aliphatic heterocycles. The molecular formula is C10H9NO3S. The number of rotatable bonds is 3. The van der Waals surface area contributed by atoms with Gasteiger partial charge in [0.25, 0.3) is 0 Å². The number of hydrogen-bond donors (Lipinski definition) is 1. The number of aryl methyl sites for hydroxylation is 1. The summed E-state index contributed by atoms with van der Waals surface area (Å²) in [6.45, 7) is 2.05. The zero-order chi connectivity index (χ0) is 10.8. The SMILES string of the molecule is CCc1ccsc1-c1cc(C(=O)O)on1. The van der Waals surface area contributed by atoms with Crippen molar-refractivity contribution in [1.29, 1.82) is 0 Å². The molecule has 2 rings (SSSR count). The third-order valence-electron chi connectivity index (χ3n) is 2.08. The zero-order valence-electron chi connectivity index (χ0n) is 8.06. The van der Waals surface area contributed by atoms with Gasteiger partial charge < -0.3 is 9.63 Å². The first-order valence-corrected chi connectivity index (χ1v) is 5.37. The van der Waals surface area contributed by atoms with Crippen LogP contribution in [0.4, 0.5) is 0 Å². The Hall–Kier alpha value is -1.62. The van der Waals surface area contributed by atoms with Crippen LogP contribution in [-0.4, -0.2) is 16.2 Å². The molecule has 15 heavy (non-hydrogen) atoms. The summed E-state index contributed by atoms with van der Waals surface area (Å²) in [4.78, 5) is 11.6. The minimum absolute atomic E-state index is 0.125. The van der Waals surface area contributed by atoms with Crippen LogP contribution in [0.2, 0.25) is 0 Å². The van der Waals surface area contributed by atoms with Gasteiger partial charge in [-0.3, -0.25) is 0 Å². The standard InChI is InChI=1S/C10H9NO3S/c1-2-6-3-4-15-9(6)7-5-8(10(12)13)14-11-7/h3-5H,2H2,1H3,(H,12,13). The number of carboxylic acid groups (broad SMARTS) is 1. The summed E-state index contributed by atoms with van der Waals surface area (Å²) in [5.41, 5.74) is 1.75. The maximum Gasteiger partial charge on any atom is 0.374 e. The highest BCUT2D eigenvalue weighted by atomic mass is 32.1. The van der Waals surface area contributed by atoms with Gasteiger partial charge in [0.2, 0.25) is 5.76 Å². The third kappa shape index (κ3) is 1.78. The minimum atomic E-state index is -1.09. The van der Waals surface area contributed by atoms with Crippen LogP contribution in [0.15, 0.2) is 22.0 Å². The molecule has 5 heteroatoms. The molecule has 0 amide bonds. The average molecular weight is 223 g/mol. The topological polar surface area (TPSA) is 63.3 Å². The van der Waals surface area contributed by atoms with E-state index in [1.165, 1.54) is 17.4 Å². The molecule has 0 unspecified atom stereocenters. The highest BCUT2D eigenvalue weighted by Gasteiger charge is 2.14. The van der Waals surface area contributed by atoms with Crippen LogP contribution in [0.1, 0.15) is 23.0 Å². The Morgan fingerprint density at radius 1 is 1.67 bits per heavy atom. The maximum absolute atomic E-state index is 10.6. The van der Waals surface area contributed by atoms with E-state index < -0.39 is 5.97 Å². The molecule has 0 radical (unpaired) electrons. The highest BCUT2D eigenvalue weighted by molar-refractivity contribution is 7.13. The van der Waals surface area contributed by atoms with Crippen LogP contribution in [0.5, 0.6) is 0 Å². The Morgan fingerprint density at radius 2 is 2.47 bits per heavy atom. The van der Waals surface area contributed by atoms with Gasteiger partial charge in [0.05, 0.1) is 4.88 Å². The van der Waals surface area contributed by atoms with Crippen molar-refractivity contribution < 1.29 is 14.4 Å². The molecule has 4 nitrogen and oxygen atoms in total. The number of hydrogen-bond acceptors (Lipinski definition) is 4. The molecule has 0 spiro atoms. The van der Waals surface area contributed by atoms with Crippen molar-refractivity contribution in [1.82, 2.24) is 5.16 Å². The molecule has 2 aromatic rings. The van der Waals surface area contributed by atoms with Gasteiger partial charge in [-0.2, -0.15) is 0 Å². The lowest BCUT2D eigenvalue weighted by atomic mass is 10.1. The number of thiophene rings is 1. The number of aromatic carboxylic acids is 1. The van der Waals surface area contributed by atoms with E-state index in [-0.39, 0.29) is 5.76 Å². The van der Waals surface area contributed by atoms with Crippen LogP contribution in [0.25, 0.3) is 10.6 Å². The predicted octanol–water partition coefficient (Wildman–Crippen LogP) is 2.66. The molecule has 2 heterocycles. The Bertz CT molecular complexity index is 486. The Balaban J connectivity index is 2.41. The second kappa shape index (κ2) is 3.86. The molecule has 0 saturated heterocycles. The first kappa shape index (κ1) is 9.92. The fourth-order valence-corrected chi connectivity index (χ4v) is 2.27. The van der Waals surface area contributed by atoms with Crippen LogP contribution in [-0.2, 0) is 6.42 Å². The monoisotopic (exact) mass is 223 g/mol. The molecule has 0 saturated carbocycles. The molecule has 0 atom stereocenters. The van der Waals surface area contributed by atoms with Gasteiger partial charge in [0, 0.05) is 6.07 Å². The van der Waals surface area contributed by atoms with Crippen molar-refractivity contribution in [3.05, 3.63) is 28.8 Å². The third-order valence-corrected chi connectivity index (χ3v) is 3.06. The predicted molar refractivity (Wildman–Crippen MR) is 56.2 cm³/mol. The van der Waals surface area contributed by atoms with Crippen molar-refractivity contribution in [2.45, 2.75) is 13.3 Å². The fraction of sp³-hybridized carbons (Fsp3) is 0.200. The molecule has 78 valence electrons. The van der Waals surface area contributed by atoms with Gasteiger partial charge in [-0.05, 0) is 23.4 Å². The Kier molecular flexibility index (Phi) is 2.55. The lowest BCUT2D eigenvalue weighted by molar-refractivity contribution is 0.0652. The molecule has 0 aliphatic carbocycles. The van der Waals surface area contributed by atoms with E-state index in [4.69, 9.17) is 9.63 Å². The average Bonchev–Trinajstić information content (AvgIpc) is 2.85. The summed E-state index contributed by atoms with van der Waals surface area (Å²) in [6, 6.07) is 3.46. The first-order valence-electron chi connectivity index (χ1n) is 4.49. The number of aromatic nitrogens is 1. The Labute approximate surface area is 90.1 Å². The van der Waals surface area contributed by atoms with Crippen molar-refractivity contribution in [2.24, 2.45) is 0 Å². The van der Waals surface area contributed by atoms with Crippen LogP contribution < -0.4 is 0 Å². The quantitative estimate of drug-likeness (QED) is 0.868. The summed E-state index contributed by atoms with van der Waals surface area (Å²) in [5.74, 6) is -1.22. The number of carboxylic acids is 1. The highest BCUT2D eigenvalue weighted by Crippen LogP contribution is 2.29. The van der Waals surface area contributed by atoms with E-state index in [2.05, 4.69) is 5.16 Å². The van der Waals surface area contributed by atoms with Gasteiger partial charge in [-0.25, -0.2) is 4.79 Å². The number of nitrogens with zero attached hydrogens (tertiary/aromatic N) is 1. The van der Waals surface area contributed by atoms with Crippen molar-refractivity contribution in [3.63, 3.8) is 0 Å². The minimum Gasteiger partial charge on any atom is -0.475 e. The van der Waals surface area contributed by atoms with E-state index >= 15 is 0 Å². The summed E-state index contributed by atoms with van der Waals surface area (Å²) >= 11 is 1.54. The van der Waals surface area contributed by atoms with E-state index in [1.807, 2.05) is 18.4 Å². The molecule has 0 aromatic carbocycles. The van der Waals surface area contributed by atoms with Gasteiger partial charge in [-0.1, -0.05) is 12.1 Å². The Morgan fingerprint density at radius 3 is 3.07 bits per heavy atom. The summed E-state index contributed by atoms with van der Waals surface area (Å²) in [6.07, 6.45) is 0.897. The summed E-state index contributed by atoms with van der Waals surface area (Å²) in [5, 5.41) is 14.4. The van der Waals surface area contributed by atoms with Crippen molar-refractivity contribution >= 4 is 17.3 Å². The van der Waals surface area contributed by atoms with Gasteiger partial charge >= 0.3 is 5.97 Å². The largest absolute Gasteiger partial charge is 0.475 e.